The van der Waals surface area contributed by atoms with Gasteiger partial charge in [0.1, 0.15) is 11.4 Å². The van der Waals surface area contributed by atoms with Gasteiger partial charge in [0.15, 0.2) is 0 Å². The number of rotatable bonds is 6. The Morgan fingerprint density at radius 2 is 1.92 bits per heavy atom. The predicted molar refractivity (Wildman–Crippen MR) is 105 cm³/mol. The second kappa shape index (κ2) is 6.78. The fourth-order valence-corrected chi connectivity index (χ4v) is 5.17. The van der Waals surface area contributed by atoms with Gasteiger partial charge in [-0.25, -0.2) is 0 Å². The minimum Gasteiger partial charge on any atom is -0.487 e. The van der Waals surface area contributed by atoms with E-state index in [1.54, 1.807) is 0 Å². The van der Waals surface area contributed by atoms with Gasteiger partial charge in [-0.3, -0.25) is 0 Å². The average molecular weight is 365 g/mol. The van der Waals surface area contributed by atoms with Crippen LogP contribution in [0.5, 0.6) is 5.75 Å². The first-order valence-corrected chi connectivity index (χ1v) is 10.2. The highest BCUT2D eigenvalue weighted by Crippen LogP contribution is 2.51. The Morgan fingerprint density at radius 1 is 1.16 bits per heavy atom. The molecule has 1 aromatic carbocycles. The largest absolute Gasteiger partial charge is 0.487 e. The molecular weight excluding hydrogens is 332 g/mol. The Morgan fingerprint density at radius 3 is 2.60 bits per heavy atom. The third-order valence-electron chi connectivity index (χ3n) is 6.17. The van der Waals surface area contributed by atoms with Crippen LogP contribution in [0.25, 0.3) is 0 Å². The van der Waals surface area contributed by atoms with Gasteiger partial charge in [-0.1, -0.05) is 38.8 Å². The third-order valence-corrected chi connectivity index (χ3v) is 6.39. The average Bonchev–Trinajstić information content (AvgIpc) is 3.02. The molecule has 1 aliphatic carbocycles. The lowest BCUT2D eigenvalue weighted by Crippen LogP contribution is -2.30. The fourth-order valence-electron chi connectivity index (χ4n) is 4.91. The monoisotopic (exact) mass is 364 g/mol. The minimum absolute atomic E-state index is 0.00719. The Balaban J connectivity index is 1.76. The Hall–Kier alpha value is -0.730. The molecule has 0 radical (unpaired) electrons. The van der Waals surface area contributed by atoms with Crippen LogP contribution in [0.15, 0.2) is 12.1 Å². The Bertz CT molecular complexity index is 639. The summed E-state index contributed by atoms with van der Waals surface area (Å²) >= 11 is 6.36. The van der Waals surface area contributed by atoms with Gasteiger partial charge in [-0.2, -0.15) is 0 Å². The zero-order valence-corrected chi connectivity index (χ0v) is 17.3. The highest BCUT2D eigenvalue weighted by atomic mass is 35.5. The molecule has 2 unspecified atom stereocenters. The first-order chi connectivity index (χ1) is 11.7. The van der Waals surface area contributed by atoms with Crippen molar-refractivity contribution in [3.8, 4) is 5.75 Å². The van der Waals surface area contributed by atoms with Crippen molar-refractivity contribution in [2.24, 2.45) is 5.41 Å². The van der Waals surface area contributed by atoms with Crippen molar-refractivity contribution in [2.75, 3.05) is 0 Å². The second-order valence-corrected chi connectivity index (χ2v) is 9.59. The zero-order valence-electron chi connectivity index (χ0n) is 16.5. The van der Waals surface area contributed by atoms with E-state index >= 15 is 0 Å². The molecule has 0 N–H and O–H groups in total. The van der Waals surface area contributed by atoms with Gasteiger partial charge in [0.25, 0.3) is 0 Å². The molecule has 1 aromatic rings. The van der Waals surface area contributed by atoms with E-state index in [-0.39, 0.29) is 11.2 Å². The smallest absolute Gasteiger partial charge is 0.129 e. The number of hydrogen-bond acceptors (Lipinski definition) is 2. The van der Waals surface area contributed by atoms with Crippen LogP contribution in [-0.4, -0.2) is 11.2 Å². The molecule has 0 spiro atoms. The predicted octanol–water partition coefficient (Wildman–Crippen LogP) is 6.71. The van der Waals surface area contributed by atoms with Crippen LogP contribution in [0, 0.1) is 5.41 Å². The fraction of sp³-hybridized carbons (Fsp3) is 0.727. The Kier molecular flexibility index (Phi) is 5.16. The summed E-state index contributed by atoms with van der Waals surface area (Å²) in [4.78, 5) is 0. The van der Waals surface area contributed by atoms with Gasteiger partial charge in [0.2, 0.25) is 0 Å². The van der Waals surface area contributed by atoms with Crippen molar-refractivity contribution in [3.05, 3.63) is 28.3 Å². The number of benzene rings is 1. The summed E-state index contributed by atoms with van der Waals surface area (Å²) in [5.74, 6) is 0.995. The highest BCUT2D eigenvalue weighted by Gasteiger charge is 2.45. The maximum absolute atomic E-state index is 6.58. The van der Waals surface area contributed by atoms with Crippen molar-refractivity contribution in [1.29, 1.82) is 0 Å². The van der Waals surface area contributed by atoms with Crippen LogP contribution in [-0.2, 0) is 17.8 Å². The van der Waals surface area contributed by atoms with Gasteiger partial charge in [-0.15, -0.1) is 0 Å². The number of ether oxygens (including phenoxy) is 2. The van der Waals surface area contributed by atoms with Crippen LogP contribution in [0.4, 0.5) is 0 Å². The van der Waals surface area contributed by atoms with Gasteiger partial charge >= 0.3 is 0 Å². The summed E-state index contributed by atoms with van der Waals surface area (Å²) in [7, 11) is 0. The van der Waals surface area contributed by atoms with Crippen LogP contribution in [0.1, 0.15) is 84.3 Å². The molecule has 140 valence electrons. The molecule has 1 aliphatic heterocycles. The normalized spacial score (nSPS) is 30.3. The molecule has 3 heteroatoms. The lowest BCUT2D eigenvalue weighted by atomic mass is 9.82. The van der Waals surface area contributed by atoms with Crippen LogP contribution >= 0.6 is 11.6 Å². The van der Waals surface area contributed by atoms with E-state index in [9.17, 15) is 0 Å². The molecule has 1 heterocycles. The quantitative estimate of drug-likeness (QED) is 0.558. The molecule has 2 nitrogen and oxygen atoms in total. The highest BCUT2D eigenvalue weighted by molar-refractivity contribution is 6.30. The number of hydrogen-bond donors (Lipinski definition) is 0. The van der Waals surface area contributed by atoms with E-state index in [1.165, 1.54) is 31.2 Å². The molecule has 0 saturated heterocycles. The summed E-state index contributed by atoms with van der Waals surface area (Å²) in [6.45, 7) is 11.8. The van der Waals surface area contributed by atoms with E-state index in [2.05, 4.69) is 34.6 Å². The van der Waals surface area contributed by atoms with E-state index in [0.717, 1.165) is 35.6 Å². The molecule has 1 fully saturated rings. The van der Waals surface area contributed by atoms with Crippen LogP contribution in [0.3, 0.4) is 0 Å². The SMILES string of the molecule is CCCC1(C)CCC(CC)(OCc2cc(Cl)cc3c2OC(C)(C)C3)C1. The Labute approximate surface area is 158 Å². The van der Waals surface area contributed by atoms with Crippen LogP contribution < -0.4 is 4.74 Å². The van der Waals surface area contributed by atoms with E-state index in [1.807, 2.05) is 12.1 Å². The van der Waals surface area contributed by atoms with E-state index < -0.39 is 0 Å². The molecule has 3 rings (SSSR count). The van der Waals surface area contributed by atoms with Crippen molar-refractivity contribution in [1.82, 2.24) is 0 Å². The summed E-state index contributed by atoms with van der Waals surface area (Å²) in [5, 5.41) is 0.784. The molecule has 0 amide bonds. The van der Waals surface area contributed by atoms with Crippen LogP contribution in [0.2, 0.25) is 5.02 Å². The minimum atomic E-state index is -0.155. The standard InChI is InChI=1S/C22H33ClO2/c1-6-8-21(5)9-10-22(7-2,15-21)24-14-17-12-18(23)11-16-13-20(3,4)25-19(16)17/h11-12H,6-10,13-15H2,1-5H3. The summed E-state index contributed by atoms with van der Waals surface area (Å²) in [6.07, 6.45) is 8.12. The van der Waals surface area contributed by atoms with Crippen molar-refractivity contribution < 1.29 is 9.47 Å². The van der Waals surface area contributed by atoms with Gasteiger partial charge in [0.05, 0.1) is 12.2 Å². The summed E-state index contributed by atoms with van der Waals surface area (Å²) in [6, 6.07) is 4.06. The van der Waals surface area contributed by atoms with Gasteiger partial charge in [0, 0.05) is 17.0 Å². The van der Waals surface area contributed by atoms with Crippen molar-refractivity contribution in [3.63, 3.8) is 0 Å². The molecular formula is C22H33ClO2. The van der Waals surface area contributed by atoms with E-state index in [4.69, 9.17) is 21.1 Å². The lowest BCUT2D eigenvalue weighted by molar-refractivity contribution is -0.0625. The maximum atomic E-state index is 6.58. The number of fused-ring (bicyclic) bond motifs is 1. The third kappa shape index (κ3) is 4.01. The van der Waals surface area contributed by atoms with Crippen molar-refractivity contribution >= 4 is 11.6 Å². The first kappa shape index (κ1) is 19.0. The molecule has 2 atom stereocenters. The van der Waals surface area contributed by atoms with Gasteiger partial charge < -0.3 is 9.47 Å². The molecule has 0 aromatic heterocycles. The first-order valence-electron chi connectivity index (χ1n) is 9.84. The summed E-state index contributed by atoms with van der Waals surface area (Å²) < 4.78 is 12.8. The topological polar surface area (TPSA) is 18.5 Å². The number of halogens is 1. The molecule has 0 bridgehead atoms. The summed E-state index contributed by atoms with van der Waals surface area (Å²) in [5.41, 5.74) is 2.60. The van der Waals surface area contributed by atoms with Crippen molar-refractivity contribution in [2.45, 2.75) is 97.4 Å². The molecule has 1 saturated carbocycles. The molecule has 2 aliphatic rings. The van der Waals surface area contributed by atoms with E-state index in [0.29, 0.717) is 12.0 Å². The van der Waals surface area contributed by atoms with Gasteiger partial charge in [-0.05, 0) is 69.1 Å². The maximum Gasteiger partial charge on any atom is 0.129 e. The zero-order chi connectivity index (χ0) is 18.3. The molecule has 25 heavy (non-hydrogen) atoms. The second-order valence-electron chi connectivity index (χ2n) is 9.15. The lowest BCUT2D eigenvalue weighted by Gasteiger charge is -2.32.